The number of allylic oxidation sites excluding steroid dienone is 5. The number of aromatic amines is 1. The number of aliphatic hydroxyl groups is 1. The smallest absolute Gasteiger partial charge is 0.271 e. The van der Waals surface area contributed by atoms with E-state index >= 15 is 0 Å². The molecule has 2 rings (SSSR count). The first kappa shape index (κ1) is 24.6. The van der Waals surface area contributed by atoms with E-state index in [1.54, 1.807) is 25.3 Å². The number of rotatable bonds is 11. The average molecular weight is 429 g/mol. The van der Waals surface area contributed by atoms with Gasteiger partial charge in [0.15, 0.2) is 5.82 Å². The Labute approximate surface area is 184 Å². The summed E-state index contributed by atoms with van der Waals surface area (Å²) >= 11 is 0. The van der Waals surface area contributed by atoms with Crippen molar-refractivity contribution in [1.29, 1.82) is 0 Å². The highest BCUT2D eigenvalue weighted by atomic mass is 16.5. The number of hydrogen-bond donors (Lipinski definition) is 4. The summed E-state index contributed by atoms with van der Waals surface area (Å²) < 4.78 is 5.44. The minimum Gasteiger partial charge on any atom is -0.501 e. The van der Waals surface area contributed by atoms with E-state index in [1.165, 1.54) is 0 Å². The van der Waals surface area contributed by atoms with Crippen LogP contribution in [0.5, 0.6) is 0 Å². The van der Waals surface area contributed by atoms with Crippen molar-refractivity contribution in [1.82, 2.24) is 15.5 Å². The summed E-state index contributed by atoms with van der Waals surface area (Å²) in [6.45, 7) is 11.0. The number of H-pyrrole nitrogens is 1. The third-order valence-electron chi connectivity index (χ3n) is 5.43. The van der Waals surface area contributed by atoms with Crippen LogP contribution in [0.1, 0.15) is 40.0 Å². The molecule has 0 saturated heterocycles. The molecule has 2 unspecified atom stereocenters. The number of ether oxygens (including phenoxy) is 1. The zero-order chi connectivity index (χ0) is 22.9. The quantitative estimate of drug-likeness (QED) is 0.401. The van der Waals surface area contributed by atoms with Crippen molar-refractivity contribution >= 4 is 18.0 Å². The van der Waals surface area contributed by atoms with Gasteiger partial charge in [-0.15, -0.1) is 0 Å². The molecular formula is C24H36N4O3. The highest BCUT2D eigenvalue weighted by Crippen LogP contribution is 2.26. The first-order valence-electron chi connectivity index (χ1n) is 10.7. The summed E-state index contributed by atoms with van der Waals surface area (Å²) in [5.74, 6) is 1.89. The van der Waals surface area contributed by atoms with Gasteiger partial charge in [-0.1, -0.05) is 50.8 Å². The first-order valence-corrected chi connectivity index (χ1v) is 10.7. The molecule has 7 heteroatoms. The minimum atomic E-state index is -0.583. The molecule has 0 radical (unpaired) electrons. The molecule has 0 saturated carbocycles. The van der Waals surface area contributed by atoms with Crippen molar-refractivity contribution in [3.8, 4) is 0 Å². The Hall–Kier alpha value is -2.64. The summed E-state index contributed by atoms with van der Waals surface area (Å²) in [4.78, 5) is 12.0. The van der Waals surface area contributed by atoms with E-state index in [2.05, 4.69) is 47.3 Å². The van der Waals surface area contributed by atoms with E-state index in [1.807, 2.05) is 19.1 Å². The zero-order valence-corrected chi connectivity index (χ0v) is 19.1. The van der Waals surface area contributed by atoms with Gasteiger partial charge < -0.3 is 15.2 Å². The Kier molecular flexibility index (Phi) is 9.27. The molecule has 0 spiro atoms. The average Bonchev–Trinajstić information content (AvgIpc) is 2.76. The lowest BCUT2D eigenvalue weighted by molar-refractivity contribution is 0.104. The maximum Gasteiger partial charge on any atom is 0.271 e. The van der Waals surface area contributed by atoms with Gasteiger partial charge in [0.25, 0.3) is 5.56 Å². The number of nitrogens with one attached hydrogen (secondary N) is 3. The van der Waals surface area contributed by atoms with Crippen LogP contribution in [-0.2, 0) is 4.74 Å². The molecule has 170 valence electrons. The van der Waals surface area contributed by atoms with Crippen LogP contribution < -0.4 is 26.6 Å². The molecule has 2 atom stereocenters. The summed E-state index contributed by atoms with van der Waals surface area (Å²) in [5, 5.41) is 24.9. The van der Waals surface area contributed by atoms with Gasteiger partial charge in [0, 0.05) is 29.4 Å². The van der Waals surface area contributed by atoms with E-state index in [0.717, 1.165) is 18.6 Å². The summed E-state index contributed by atoms with van der Waals surface area (Å²) in [6.07, 6.45) is 13.2. The van der Waals surface area contributed by atoms with Gasteiger partial charge in [-0.3, -0.25) is 10.1 Å². The molecular weight excluding hydrogens is 392 g/mol. The zero-order valence-electron chi connectivity index (χ0n) is 19.1. The van der Waals surface area contributed by atoms with Crippen LogP contribution in [-0.4, -0.2) is 41.7 Å². The van der Waals surface area contributed by atoms with E-state index < -0.39 is 6.23 Å². The second-order valence-corrected chi connectivity index (χ2v) is 8.55. The second-order valence-electron chi connectivity index (χ2n) is 8.55. The maximum absolute atomic E-state index is 12.0. The van der Waals surface area contributed by atoms with Crippen molar-refractivity contribution in [2.45, 2.75) is 46.3 Å². The van der Waals surface area contributed by atoms with Crippen LogP contribution in [0, 0.1) is 11.3 Å². The second kappa shape index (κ2) is 11.7. The fourth-order valence-corrected chi connectivity index (χ4v) is 3.58. The fourth-order valence-electron chi connectivity index (χ4n) is 3.58. The van der Waals surface area contributed by atoms with Gasteiger partial charge in [0.2, 0.25) is 0 Å². The molecule has 0 fully saturated rings. The largest absolute Gasteiger partial charge is 0.501 e. The van der Waals surface area contributed by atoms with Gasteiger partial charge in [-0.2, -0.15) is 5.10 Å². The molecule has 0 bridgehead atoms. The Morgan fingerprint density at radius 2 is 2.19 bits per heavy atom. The molecule has 0 aromatic carbocycles. The van der Waals surface area contributed by atoms with Crippen LogP contribution >= 0.6 is 0 Å². The van der Waals surface area contributed by atoms with Crippen molar-refractivity contribution in [3.05, 3.63) is 57.4 Å². The predicted molar refractivity (Wildman–Crippen MR) is 127 cm³/mol. The fraction of sp³-hybridized carbons (Fsp3) is 0.500. The van der Waals surface area contributed by atoms with Gasteiger partial charge in [-0.05, 0) is 37.7 Å². The molecule has 0 aliphatic heterocycles. The van der Waals surface area contributed by atoms with Crippen LogP contribution in [0.2, 0.25) is 0 Å². The molecule has 0 amide bonds. The molecule has 31 heavy (non-hydrogen) atoms. The summed E-state index contributed by atoms with van der Waals surface area (Å²) in [7, 11) is 1.69. The molecule has 1 aromatic rings. The number of anilines is 1. The third kappa shape index (κ3) is 7.22. The monoisotopic (exact) mass is 428 g/mol. The number of aliphatic hydroxyl groups excluding tert-OH is 1. The topological polar surface area (TPSA) is 99.3 Å². The molecule has 1 aliphatic rings. The Morgan fingerprint density at radius 3 is 2.87 bits per heavy atom. The van der Waals surface area contributed by atoms with E-state index in [4.69, 9.17) is 4.74 Å². The maximum atomic E-state index is 12.0. The van der Waals surface area contributed by atoms with E-state index in [0.29, 0.717) is 41.7 Å². The number of aromatic nitrogens is 2. The SMILES string of the molecule is C=C/C=c1/c(NCC(C)(C)CNC(O)CCC2CC=CC=C2OC)n[nH]c(=O)/c1=C/C. The highest BCUT2D eigenvalue weighted by Gasteiger charge is 2.21. The molecule has 7 nitrogen and oxygen atoms in total. The van der Waals surface area contributed by atoms with Crippen molar-refractivity contribution in [2.75, 3.05) is 25.5 Å². The Bertz CT molecular complexity index is 976. The van der Waals surface area contributed by atoms with Gasteiger partial charge >= 0.3 is 0 Å². The van der Waals surface area contributed by atoms with E-state index in [-0.39, 0.29) is 11.0 Å². The van der Waals surface area contributed by atoms with Gasteiger partial charge in [-0.25, -0.2) is 5.10 Å². The van der Waals surface area contributed by atoms with Crippen LogP contribution in [0.4, 0.5) is 5.82 Å². The number of methoxy groups -OCH3 is 1. The van der Waals surface area contributed by atoms with E-state index in [9.17, 15) is 9.90 Å². The first-order chi connectivity index (χ1) is 14.8. The molecule has 1 heterocycles. The summed E-state index contributed by atoms with van der Waals surface area (Å²) in [5.41, 5.74) is -0.393. The highest BCUT2D eigenvalue weighted by molar-refractivity contribution is 5.48. The van der Waals surface area contributed by atoms with Gasteiger partial charge in [0.1, 0.15) is 6.23 Å². The Balaban J connectivity index is 1.90. The Morgan fingerprint density at radius 1 is 1.42 bits per heavy atom. The minimum absolute atomic E-state index is 0.161. The van der Waals surface area contributed by atoms with Crippen LogP contribution in [0.3, 0.4) is 0 Å². The lowest BCUT2D eigenvalue weighted by Crippen LogP contribution is -2.45. The van der Waals surface area contributed by atoms with Crippen molar-refractivity contribution in [3.63, 3.8) is 0 Å². The third-order valence-corrected chi connectivity index (χ3v) is 5.43. The molecule has 1 aromatic heterocycles. The lowest BCUT2D eigenvalue weighted by atomic mass is 9.92. The van der Waals surface area contributed by atoms with Gasteiger partial charge in [0.05, 0.1) is 12.9 Å². The predicted octanol–water partition coefficient (Wildman–Crippen LogP) is 1.77. The standard InChI is InChI=1S/C24H36N4O3/c1-6-10-19-18(7-2)23(30)28-27-22(19)26-16-24(3,4)15-25-21(29)14-13-17-11-8-9-12-20(17)31-5/h6-10,12,17,21,25,29H,1,11,13-16H2,2-5H3,(H,26,27)(H,28,30)/b18-7+,19-10+. The molecule has 4 N–H and O–H groups in total. The normalized spacial score (nSPS) is 18.6. The molecule has 1 aliphatic carbocycles. The van der Waals surface area contributed by atoms with Crippen LogP contribution in [0.25, 0.3) is 12.2 Å². The van der Waals surface area contributed by atoms with Crippen molar-refractivity contribution < 1.29 is 9.84 Å². The number of nitrogens with zero attached hydrogens (tertiary/aromatic N) is 1. The summed E-state index contributed by atoms with van der Waals surface area (Å²) in [6, 6.07) is 0. The number of hydrogen-bond acceptors (Lipinski definition) is 6. The van der Waals surface area contributed by atoms with Crippen molar-refractivity contribution in [2.24, 2.45) is 11.3 Å². The van der Waals surface area contributed by atoms with Crippen LogP contribution in [0.15, 0.2) is 41.4 Å². The lowest BCUT2D eigenvalue weighted by Gasteiger charge is -2.28.